The van der Waals surface area contributed by atoms with E-state index in [1.807, 2.05) is 0 Å². The van der Waals surface area contributed by atoms with Crippen LogP contribution in [0.4, 0.5) is 0 Å². The summed E-state index contributed by atoms with van der Waals surface area (Å²) in [5.74, 6) is 1.64. The number of piperidine rings is 1. The van der Waals surface area contributed by atoms with Crippen molar-refractivity contribution >= 4 is 0 Å². The average Bonchev–Trinajstić information content (AvgIpc) is 2.37. The largest absolute Gasteiger partial charge is 0.298 e. The summed E-state index contributed by atoms with van der Waals surface area (Å²) in [4.78, 5) is 5.59. The van der Waals surface area contributed by atoms with E-state index in [1.54, 1.807) is 0 Å². The minimum absolute atomic E-state index is 0.786. The van der Waals surface area contributed by atoms with Crippen LogP contribution >= 0.6 is 0 Å². The summed E-state index contributed by atoms with van der Waals surface area (Å²) < 4.78 is 0. The molecule has 2 aliphatic heterocycles. The number of nitrogens with zero attached hydrogens (tertiary/aromatic N) is 2. The molecule has 2 heteroatoms. The van der Waals surface area contributed by atoms with E-state index in [-0.39, 0.29) is 0 Å². The van der Waals surface area contributed by atoms with Crippen molar-refractivity contribution in [1.29, 1.82) is 0 Å². The molecule has 0 saturated carbocycles. The van der Waals surface area contributed by atoms with E-state index in [9.17, 15) is 0 Å². The number of fused-ring (bicyclic) bond motifs is 1. The van der Waals surface area contributed by atoms with Crippen LogP contribution < -0.4 is 0 Å². The van der Waals surface area contributed by atoms with Gasteiger partial charge in [0.1, 0.15) is 0 Å². The van der Waals surface area contributed by atoms with Gasteiger partial charge in [0.25, 0.3) is 0 Å². The lowest BCUT2D eigenvalue weighted by Crippen LogP contribution is -2.61. The SMILES string of the molecule is CCC(C)CN1CC2CCCCN2CC1C(C)C. The molecule has 2 fully saturated rings. The fourth-order valence-electron chi connectivity index (χ4n) is 3.64. The lowest BCUT2D eigenvalue weighted by molar-refractivity contribution is -0.0138. The van der Waals surface area contributed by atoms with Crippen molar-refractivity contribution in [1.82, 2.24) is 9.80 Å². The van der Waals surface area contributed by atoms with Crippen molar-refractivity contribution in [2.45, 2.75) is 65.5 Å². The van der Waals surface area contributed by atoms with Gasteiger partial charge in [-0.25, -0.2) is 0 Å². The van der Waals surface area contributed by atoms with Gasteiger partial charge in [-0.05, 0) is 31.2 Å². The van der Waals surface area contributed by atoms with Crippen LogP contribution in [0.2, 0.25) is 0 Å². The Hall–Kier alpha value is -0.0800. The topological polar surface area (TPSA) is 6.48 Å². The minimum atomic E-state index is 0.786. The Morgan fingerprint density at radius 1 is 1.11 bits per heavy atom. The highest BCUT2D eigenvalue weighted by molar-refractivity contribution is 4.92. The molecule has 0 aromatic carbocycles. The van der Waals surface area contributed by atoms with Crippen LogP contribution in [-0.2, 0) is 0 Å². The Kier molecular flexibility index (Phi) is 5.08. The maximum atomic E-state index is 2.81. The molecule has 0 aromatic heterocycles. The fraction of sp³-hybridized carbons (Fsp3) is 1.00. The Bertz CT molecular complexity index is 251. The number of hydrogen-bond acceptors (Lipinski definition) is 2. The zero-order valence-electron chi connectivity index (χ0n) is 12.9. The molecule has 0 N–H and O–H groups in total. The fourth-order valence-corrected chi connectivity index (χ4v) is 3.64. The van der Waals surface area contributed by atoms with Gasteiger partial charge < -0.3 is 0 Å². The highest BCUT2D eigenvalue weighted by atomic mass is 15.3. The van der Waals surface area contributed by atoms with Gasteiger partial charge in [-0.1, -0.05) is 40.5 Å². The summed E-state index contributed by atoms with van der Waals surface area (Å²) >= 11 is 0. The van der Waals surface area contributed by atoms with Gasteiger partial charge in [0.15, 0.2) is 0 Å². The highest BCUT2D eigenvalue weighted by Crippen LogP contribution is 2.27. The van der Waals surface area contributed by atoms with Crippen molar-refractivity contribution in [3.63, 3.8) is 0 Å². The standard InChI is InChI=1S/C16H32N2/c1-5-14(4)10-18-11-15-8-6-7-9-17(15)12-16(18)13(2)3/h13-16H,5-12H2,1-4H3. The van der Waals surface area contributed by atoms with Crippen LogP contribution in [0.15, 0.2) is 0 Å². The van der Waals surface area contributed by atoms with E-state index >= 15 is 0 Å². The van der Waals surface area contributed by atoms with Gasteiger partial charge in [-0.2, -0.15) is 0 Å². The number of hydrogen-bond donors (Lipinski definition) is 0. The zero-order chi connectivity index (χ0) is 13.1. The van der Waals surface area contributed by atoms with Gasteiger partial charge in [0.2, 0.25) is 0 Å². The summed E-state index contributed by atoms with van der Waals surface area (Å²) in [7, 11) is 0. The van der Waals surface area contributed by atoms with Gasteiger partial charge >= 0.3 is 0 Å². The minimum Gasteiger partial charge on any atom is -0.298 e. The second-order valence-electron chi connectivity index (χ2n) is 6.92. The van der Waals surface area contributed by atoms with E-state index in [4.69, 9.17) is 0 Å². The highest BCUT2D eigenvalue weighted by Gasteiger charge is 2.36. The second-order valence-corrected chi connectivity index (χ2v) is 6.92. The normalized spacial score (nSPS) is 32.5. The molecule has 106 valence electrons. The first-order valence-electron chi connectivity index (χ1n) is 8.10. The molecule has 2 heterocycles. The van der Waals surface area contributed by atoms with E-state index < -0.39 is 0 Å². The molecule has 18 heavy (non-hydrogen) atoms. The molecule has 2 saturated heterocycles. The quantitative estimate of drug-likeness (QED) is 0.758. The summed E-state index contributed by atoms with van der Waals surface area (Å²) in [6.45, 7) is 14.8. The molecule has 2 nitrogen and oxygen atoms in total. The van der Waals surface area contributed by atoms with E-state index in [1.165, 1.54) is 51.9 Å². The lowest BCUT2D eigenvalue weighted by atomic mass is 9.91. The zero-order valence-corrected chi connectivity index (χ0v) is 12.9. The van der Waals surface area contributed by atoms with Crippen LogP contribution in [0.3, 0.4) is 0 Å². The van der Waals surface area contributed by atoms with E-state index in [2.05, 4.69) is 37.5 Å². The Morgan fingerprint density at radius 3 is 2.56 bits per heavy atom. The van der Waals surface area contributed by atoms with Crippen molar-refractivity contribution in [3.05, 3.63) is 0 Å². The van der Waals surface area contributed by atoms with Crippen LogP contribution in [0, 0.1) is 11.8 Å². The van der Waals surface area contributed by atoms with Crippen molar-refractivity contribution < 1.29 is 0 Å². The molecule has 0 radical (unpaired) electrons. The Balaban J connectivity index is 2.00. The predicted octanol–water partition coefficient (Wildman–Crippen LogP) is 3.23. The lowest BCUT2D eigenvalue weighted by Gasteiger charge is -2.50. The molecule has 0 bridgehead atoms. The van der Waals surface area contributed by atoms with Crippen molar-refractivity contribution in [2.24, 2.45) is 11.8 Å². The smallest absolute Gasteiger partial charge is 0.0247 e. The molecule has 0 amide bonds. The summed E-state index contributed by atoms with van der Waals surface area (Å²) in [6.07, 6.45) is 5.62. The van der Waals surface area contributed by atoms with Crippen LogP contribution in [0.25, 0.3) is 0 Å². The van der Waals surface area contributed by atoms with Crippen LogP contribution in [-0.4, -0.2) is 48.1 Å². The molecular formula is C16H32N2. The van der Waals surface area contributed by atoms with E-state index in [0.717, 1.165) is 23.9 Å². The third-order valence-corrected chi connectivity index (χ3v) is 5.10. The summed E-state index contributed by atoms with van der Waals surface area (Å²) in [6, 6.07) is 1.64. The van der Waals surface area contributed by atoms with Gasteiger partial charge in [0, 0.05) is 31.7 Å². The Morgan fingerprint density at radius 2 is 1.89 bits per heavy atom. The first kappa shape index (κ1) is 14.3. The van der Waals surface area contributed by atoms with Gasteiger partial charge in [-0.3, -0.25) is 9.80 Å². The van der Waals surface area contributed by atoms with Gasteiger partial charge in [0.05, 0.1) is 0 Å². The molecule has 3 atom stereocenters. The number of rotatable bonds is 4. The molecule has 0 spiro atoms. The van der Waals surface area contributed by atoms with Crippen molar-refractivity contribution in [3.8, 4) is 0 Å². The van der Waals surface area contributed by atoms with Crippen molar-refractivity contribution in [2.75, 3.05) is 26.2 Å². The third kappa shape index (κ3) is 3.27. The molecular weight excluding hydrogens is 220 g/mol. The first-order valence-corrected chi connectivity index (χ1v) is 8.10. The summed E-state index contributed by atoms with van der Waals surface area (Å²) in [5.41, 5.74) is 0. The van der Waals surface area contributed by atoms with Gasteiger partial charge in [-0.15, -0.1) is 0 Å². The van der Waals surface area contributed by atoms with Crippen LogP contribution in [0.5, 0.6) is 0 Å². The van der Waals surface area contributed by atoms with Crippen LogP contribution in [0.1, 0.15) is 53.4 Å². The number of piperazine rings is 1. The maximum Gasteiger partial charge on any atom is 0.0247 e. The predicted molar refractivity (Wildman–Crippen MR) is 78.9 cm³/mol. The second kappa shape index (κ2) is 6.38. The molecule has 2 aliphatic rings. The Labute approximate surface area is 114 Å². The molecule has 2 rings (SSSR count). The maximum absolute atomic E-state index is 2.81. The summed E-state index contributed by atoms with van der Waals surface area (Å²) in [5, 5.41) is 0. The molecule has 0 aliphatic carbocycles. The van der Waals surface area contributed by atoms with E-state index in [0.29, 0.717) is 0 Å². The molecule has 0 aromatic rings. The molecule has 3 unspecified atom stereocenters. The third-order valence-electron chi connectivity index (χ3n) is 5.10. The monoisotopic (exact) mass is 252 g/mol. The average molecular weight is 252 g/mol. The first-order chi connectivity index (χ1) is 8.61.